The zero-order valence-corrected chi connectivity index (χ0v) is 13.5. The summed E-state index contributed by atoms with van der Waals surface area (Å²) in [5.41, 5.74) is 1.40. The lowest BCUT2D eigenvalue weighted by Crippen LogP contribution is -2.21. The van der Waals surface area contributed by atoms with Gasteiger partial charge in [0.25, 0.3) is 5.56 Å². The summed E-state index contributed by atoms with van der Waals surface area (Å²) in [6.45, 7) is 1.88. The predicted molar refractivity (Wildman–Crippen MR) is 85.3 cm³/mol. The fourth-order valence-electron chi connectivity index (χ4n) is 1.74. The lowest BCUT2D eigenvalue weighted by molar-refractivity contribution is 0.781. The van der Waals surface area contributed by atoms with E-state index in [1.165, 1.54) is 15.9 Å². The molecule has 0 radical (unpaired) electrons. The van der Waals surface area contributed by atoms with Gasteiger partial charge in [-0.2, -0.15) is 4.52 Å². The molecule has 108 valence electrons. The normalized spacial score (nSPS) is 11.1. The van der Waals surface area contributed by atoms with Crippen LogP contribution in [-0.4, -0.2) is 19.8 Å². The van der Waals surface area contributed by atoms with Gasteiger partial charge < -0.3 is 0 Å². The van der Waals surface area contributed by atoms with Crippen LogP contribution in [0.1, 0.15) is 18.2 Å². The topological polar surface area (TPSA) is 60.1 Å². The molecule has 0 fully saturated rings. The van der Waals surface area contributed by atoms with Crippen LogP contribution in [0.5, 0.6) is 0 Å². The Morgan fingerprint density at radius 2 is 2.05 bits per heavy atom. The van der Waals surface area contributed by atoms with E-state index < -0.39 is 0 Å². The Morgan fingerprint density at radius 3 is 2.76 bits per heavy atom. The first-order chi connectivity index (χ1) is 10.2. The maximum atomic E-state index is 12.1. The minimum atomic E-state index is -0.183. The van der Waals surface area contributed by atoms with Crippen LogP contribution >= 0.6 is 34.7 Å². The van der Waals surface area contributed by atoms with Gasteiger partial charge in [-0.1, -0.05) is 53.8 Å². The van der Waals surface area contributed by atoms with Crippen LogP contribution < -0.4 is 5.56 Å². The van der Waals surface area contributed by atoms with Crippen LogP contribution in [0.4, 0.5) is 0 Å². The molecule has 0 atom stereocenters. The number of aromatic nitrogens is 4. The third-order valence-corrected chi connectivity index (χ3v) is 5.20. The molecule has 0 aliphatic carbocycles. The number of fused-ring (bicyclic) bond motifs is 1. The summed E-state index contributed by atoms with van der Waals surface area (Å²) in [6.07, 6.45) is 0.555. The van der Waals surface area contributed by atoms with Crippen molar-refractivity contribution in [3.63, 3.8) is 0 Å². The highest BCUT2D eigenvalue weighted by molar-refractivity contribution is 8.00. The summed E-state index contributed by atoms with van der Waals surface area (Å²) in [6, 6.07) is 7.67. The molecule has 0 amide bonds. The Kier molecular flexibility index (Phi) is 4.23. The molecule has 0 bridgehead atoms. The second-order valence-corrected chi connectivity index (χ2v) is 6.90. The molecule has 0 saturated heterocycles. The Bertz CT molecular complexity index is 828. The van der Waals surface area contributed by atoms with Crippen LogP contribution in [-0.2, 0) is 12.2 Å². The van der Waals surface area contributed by atoms with Crippen molar-refractivity contribution in [3.8, 4) is 0 Å². The third kappa shape index (κ3) is 3.09. The number of hydrogen-bond acceptors (Lipinski definition) is 6. The van der Waals surface area contributed by atoms with Crippen molar-refractivity contribution in [2.45, 2.75) is 23.4 Å². The zero-order valence-electron chi connectivity index (χ0n) is 11.1. The van der Waals surface area contributed by atoms with Gasteiger partial charge in [-0.15, -0.1) is 15.3 Å². The fourth-order valence-corrected chi connectivity index (χ4v) is 3.69. The minimum Gasteiger partial charge on any atom is -0.265 e. The highest BCUT2D eigenvalue weighted by atomic mass is 35.5. The first-order valence-electron chi connectivity index (χ1n) is 6.30. The van der Waals surface area contributed by atoms with Gasteiger partial charge in [0.2, 0.25) is 4.96 Å². The maximum absolute atomic E-state index is 12.1. The molecule has 21 heavy (non-hydrogen) atoms. The number of hydrogen-bond donors (Lipinski definition) is 0. The van der Waals surface area contributed by atoms with Crippen molar-refractivity contribution in [3.05, 3.63) is 50.9 Å². The van der Waals surface area contributed by atoms with Gasteiger partial charge in [-0.25, -0.2) is 0 Å². The molecule has 0 aliphatic rings. The van der Waals surface area contributed by atoms with Crippen LogP contribution in [0, 0.1) is 0 Å². The molecule has 0 unspecified atom stereocenters. The molecule has 8 heteroatoms. The van der Waals surface area contributed by atoms with Gasteiger partial charge in [-0.3, -0.25) is 4.79 Å². The monoisotopic (exact) mass is 338 g/mol. The van der Waals surface area contributed by atoms with E-state index in [2.05, 4.69) is 15.3 Å². The van der Waals surface area contributed by atoms with E-state index in [9.17, 15) is 4.79 Å². The molecule has 0 N–H and O–H groups in total. The Labute approximate surface area is 134 Å². The number of halogens is 1. The smallest absolute Gasteiger partial charge is 0.265 e. The van der Waals surface area contributed by atoms with Gasteiger partial charge >= 0.3 is 0 Å². The van der Waals surface area contributed by atoms with E-state index in [1.54, 1.807) is 11.8 Å². The second kappa shape index (κ2) is 6.13. The van der Waals surface area contributed by atoms with Gasteiger partial charge in [0.05, 0.1) is 0 Å². The van der Waals surface area contributed by atoms with E-state index in [-0.39, 0.29) is 5.56 Å². The molecule has 3 aromatic rings. The van der Waals surface area contributed by atoms with E-state index >= 15 is 0 Å². The number of aryl methyl sites for hydroxylation is 1. The van der Waals surface area contributed by atoms with Gasteiger partial charge in [0, 0.05) is 10.8 Å². The van der Waals surface area contributed by atoms with Crippen LogP contribution in [0.2, 0.25) is 5.02 Å². The molecule has 2 heterocycles. The molecule has 5 nitrogen and oxygen atoms in total. The van der Waals surface area contributed by atoms with Crippen molar-refractivity contribution in [2.75, 3.05) is 0 Å². The van der Waals surface area contributed by atoms with Crippen molar-refractivity contribution < 1.29 is 0 Å². The van der Waals surface area contributed by atoms with Gasteiger partial charge in [0.1, 0.15) is 5.69 Å². The van der Waals surface area contributed by atoms with Crippen molar-refractivity contribution in [1.29, 1.82) is 0 Å². The summed E-state index contributed by atoms with van der Waals surface area (Å²) < 4.78 is 2.13. The lowest BCUT2D eigenvalue weighted by Gasteiger charge is -1.98. The molecular weight excluding hydrogens is 328 g/mol. The van der Waals surface area contributed by atoms with Crippen molar-refractivity contribution >= 4 is 39.7 Å². The summed E-state index contributed by atoms with van der Waals surface area (Å²) in [5, 5.41) is 13.0. The van der Waals surface area contributed by atoms with E-state index in [0.29, 0.717) is 17.1 Å². The number of nitrogens with zero attached hydrogens (tertiary/aromatic N) is 4. The summed E-state index contributed by atoms with van der Waals surface area (Å²) in [4.78, 5) is 12.6. The van der Waals surface area contributed by atoms with Crippen LogP contribution in [0.15, 0.2) is 33.4 Å². The third-order valence-electron chi connectivity index (χ3n) is 2.85. The van der Waals surface area contributed by atoms with E-state index in [1.807, 2.05) is 31.2 Å². The first-order valence-corrected chi connectivity index (χ1v) is 8.48. The zero-order chi connectivity index (χ0) is 14.8. The average molecular weight is 339 g/mol. The predicted octanol–water partition coefficient (Wildman–Crippen LogP) is 3.05. The molecule has 1 aromatic carbocycles. The van der Waals surface area contributed by atoms with Gasteiger partial charge in [0.15, 0.2) is 4.34 Å². The second-order valence-electron chi connectivity index (χ2n) is 4.28. The standard InChI is InChI=1S/C13H11ClN4OS2/c1-2-10-11(19)18-12(16-15-10)21-13(17-18)20-7-8-3-5-9(14)6-4-8/h3-6H,2,7H2,1H3. The molecule has 0 spiro atoms. The Hall–Kier alpha value is -1.44. The van der Waals surface area contributed by atoms with Crippen LogP contribution in [0.3, 0.4) is 0 Å². The largest absolute Gasteiger partial charge is 0.297 e. The maximum Gasteiger partial charge on any atom is 0.297 e. The number of benzene rings is 1. The Morgan fingerprint density at radius 1 is 1.29 bits per heavy atom. The van der Waals surface area contributed by atoms with E-state index in [0.717, 1.165) is 20.7 Å². The highest BCUT2D eigenvalue weighted by Crippen LogP contribution is 2.26. The molecule has 0 aliphatic heterocycles. The molecular formula is C13H11ClN4OS2. The molecule has 3 rings (SSSR count). The lowest BCUT2D eigenvalue weighted by atomic mass is 10.2. The quantitative estimate of drug-likeness (QED) is 0.684. The number of rotatable bonds is 4. The molecule has 0 saturated carbocycles. The van der Waals surface area contributed by atoms with Crippen molar-refractivity contribution in [2.24, 2.45) is 0 Å². The minimum absolute atomic E-state index is 0.183. The number of thioether (sulfide) groups is 1. The SMILES string of the molecule is CCc1nnc2sc(SCc3ccc(Cl)cc3)nn2c1=O. The summed E-state index contributed by atoms with van der Waals surface area (Å²) in [5.74, 6) is 0.764. The van der Waals surface area contributed by atoms with Gasteiger partial charge in [-0.05, 0) is 24.1 Å². The Balaban J connectivity index is 1.83. The average Bonchev–Trinajstić information content (AvgIpc) is 2.91. The van der Waals surface area contributed by atoms with Crippen molar-refractivity contribution in [1.82, 2.24) is 19.8 Å². The summed E-state index contributed by atoms with van der Waals surface area (Å²) in [7, 11) is 0. The fraction of sp³-hybridized carbons (Fsp3) is 0.231. The molecule has 2 aromatic heterocycles. The van der Waals surface area contributed by atoms with E-state index in [4.69, 9.17) is 11.6 Å². The highest BCUT2D eigenvalue weighted by Gasteiger charge is 2.11. The summed E-state index contributed by atoms with van der Waals surface area (Å²) >= 11 is 8.79. The van der Waals surface area contributed by atoms with Crippen LogP contribution in [0.25, 0.3) is 4.96 Å². The first kappa shape index (κ1) is 14.5.